The Morgan fingerprint density at radius 3 is 2.38 bits per heavy atom. The highest BCUT2D eigenvalue weighted by Gasteiger charge is 2.19. The van der Waals surface area contributed by atoms with Crippen LogP contribution in [0.1, 0.15) is 55.2 Å². The monoisotopic (exact) mass is 482 g/mol. The molecule has 0 saturated carbocycles. The summed E-state index contributed by atoms with van der Waals surface area (Å²) in [6.07, 6.45) is 0. The average molecular weight is 483 g/mol. The molecular weight excluding hydrogens is 452 g/mol. The quantitative estimate of drug-likeness (QED) is 0.424. The average Bonchev–Trinajstić information content (AvgIpc) is 3.11. The largest absolute Gasteiger partial charge is 0.483 e. The smallest absolute Gasteiger partial charge is 0.262 e. The molecule has 1 heterocycles. The molecule has 34 heavy (non-hydrogen) atoms. The van der Waals surface area contributed by atoms with E-state index >= 15 is 0 Å². The zero-order chi connectivity index (χ0) is 25.0. The third-order valence-electron chi connectivity index (χ3n) is 5.45. The molecule has 1 atom stereocenters. The fraction of sp³-hybridized carbons (Fsp3) is 0.346. The van der Waals surface area contributed by atoms with Crippen LogP contribution in [-0.4, -0.2) is 28.2 Å². The van der Waals surface area contributed by atoms with Crippen molar-refractivity contribution < 1.29 is 14.3 Å². The number of amides is 2. The molecule has 2 N–H and O–H groups in total. The van der Waals surface area contributed by atoms with Gasteiger partial charge in [0.05, 0.1) is 16.4 Å². The van der Waals surface area contributed by atoms with Crippen LogP contribution in [0.3, 0.4) is 0 Å². The number of nitrogens with zero attached hydrogens (tertiary/aromatic N) is 2. The number of carbonyl (C=O) groups excluding carboxylic acids is 2. The number of carbonyl (C=O) groups is 2. The number of halogens is 1. The normalized spacial score (nSPS) is 11.9. The molecule has 0 aliphatic heterocycles. The summed E-state index contributed by atoms with van der Waals surface area (Å²) in [5.41, 5.74) is 4.83. The first-order valence-electron chi connectivity index (χ1n) is 11.2. The standard InChI is InChI=1S/C26H31ClN4O3/c1-15(2)21-9-7-16(3)11-24(21)34-14-25(32)28-20-8-10-23(22(27)13-20)29-26(33)19(6)31-18(5)12-17(4)30-31/h7-13,15,19H,14H2,1-6H3,(H,28,32)(H,29,33)/t19-/m1/s1. The van der Waals surface area contributed by atoms with Gasteiger partial charge in [-0.3, -0.25) is 14.3 Å². The molecule has 0 aliphatic rings. The van der Waals surface area contributed by atoms with E-state index in [0.717, 1.165) is 22.5 Å². The second kappa shape index (κ2) is 10.7. The van der Waals surface area contributed by atoms with E-state index in [1.807, 2.05) is 45.0 Å². The van der Waals surface area contributed by atoms with Gasteiger partial charge in [-0.2, -0.15) is 5.10 Å². The topological polar surface area (TPSA) is 85.3 Å². The molecular formula is C26H31ClN4O3. The van der Waals surface area contributed by atoms with Crippen molar-refractivity contribution >= 4 is 34.8 Å². The summed E-state index contributed by atoms with van der Waals surface area (Å²) >= 11 is 6.37. The lowest BCUT2D eigenvalue weighted by molar-refractivity contribution is -0.119. The molecule has 3 rings (SSSR count). The van der Waals surface area contributed by atoms with Crippen LogP contribution in [0.4, 0.5) is 11.4 Å². The fourth-order valence-electron chi connectivity index (χ4n) is 3.66. The molecule has 0 spiro atoms. The lowest BCUT2D eigenvalue weighted by atomic mass is 10.0. The Labute approximate surface area is 205 Å². The Bertz CT molecular complexity index is 1200. The van der Waals surface area contributed by atoms with E-state index in [-0.39, 0.29) is 24.3 Å². The van der Waals surface area contributed by atoms with Crippen molar-refractivity contribution in [3.63, 3.8) is 0 Å². The molecule has 0 fully saturated rings. The van der Waals surface area contributed by atoms with Gasteiger partial charge in [0.2, 0.25) is 5.91 Å². The molecule has 0 bridgehead atoms. The third-order valence-corrected chi connectivity index (χ3v) is 5.76. The molecule has 180 valence electrons. The van der Waals surface area contributed by atoms with Crippen molar-refractivity contribution in [2.24, 2.45) is 0 Å². The molecule has 2 aromatic carbocycles. The van der Waals surface area contributed by atoms with Crippen LogP contribution in [0.15, 0.2) is 42.5 Å². The molecule has 0 saturated heterocycles. The van der Waals surface area contributed by atoms with Gasteiger partial charge in [0.15, 0.2) is 6.61 Å². The maximum absolute atomic E-state index is 12.7. The lowest BCUT2D eigenvalue weighted by Gasteiger charge is -2.16. The highest BCUT2D eigenvalue weighted by Crippen LogP contribution is 2.28. The molecule has 0 unspecified atom stereocenters. The van der Waals surface area contributed by atoms with Crippen LogP contribution in [-0.2, 0) is 9.59 Å². The Hall–Kier alpha value is -3.32. The van der Waals surface area contributed by atoms with Crippen LogP contribution >= 0.6 is 11.6 Å². The highest BCUT2D eigenvalue weighted by atomic mass is 35.5. The van der Waals surface area contributed by atoms with Gasteiger partial charge in [0.25, 0.3) is 5.91 Å². The van der Waals surface area contributed by atoms with E-state index in [1.54, 1.807) is 29.8 Å². The van der Waals surface area contributed by atoms with Gasteiger partial charge in [0, 0.05) is 11.4 Å². The number of rotatable bonds is 8. The van der Waals surface area contributed by atoms with Gasteiger partial charge in [-0.15, -0.1) is 0 Å². The van der Waals surface area contributed by atoms with Crippen molar-refractivity contribution in [2.75, 3.05) is 17.2 Å². The summed E-state index contributed by atoms with van der Waals surface area (Å²) in [6, 6.07) is 12.3. The number of ether oxygens (including phenoxy) is 1. The summed E-state index contributed by atoms with van der Waals surface area (Å²) < 4.78 is 7.46. The predicted molar refractivity (Wildman–Crippen MR) is 136 cm³/mol. The van der Waals surface area contributed by atoms with E-state index < -0.39 is 6.04 Å². The van der Waals surface area contributed by atoms with Gasteiger partial charge in [-0.1, -0.05) is 37.6 Å². The first-order chi connectivity index (χ1) is 16.0. The highest BCUT2D eigenvalue weighted by molar-refractivity contribution is 6.34. The maximum Gasteiger partial charge on any atom is 0.262 e. The van der Waals surface area contributed by atoms with Crippen LogP contribution in [0.2, 0.25) is 5.02 Å². The van der Waals surface area contributed by atoms with Crippen molar-refractivity contribution in [1.29, 1.82) is 0 Å². The number of hydrogen-bond donors (Lipinski definition) is 2. The Balaban J connectivity index is 1.61. The van der Waals surface area contributed by atoms with Gasteiger partial charge in [-0.25, -0.2) is 0 Å². The number of hydrogen-bond acceptors (Lipinski definition) is 4. The summed E-state index contributed by atoms with van der Waals surface area (Å²) in [7, 11) is 0. The van der Waals surface area contributed by atoms with Crippen LogP contribution in [0, 0.1) is 20.8 Å². The number of benzene rings is 2. The Kier molecular flexibility index (Phi) is 7.99. The van der Waals surface area contributed by atoms with Crippen LogP contribution in [0.25, 0.3) is 0 Å². The molecule has 3 aromatic rings. The summed E-state index contributed by atoms with van der Waals surface area (Å²) in [4.78, 5) is 25.1. The maximum atomic E-state index is 12.7. The van der Waals surface area contributed by atoms with Crippen LogP contribution in [0.5, 0.6) is 5.75 Å². The predicted octanol–water partition coefficient (Wildman–Crippen LogP) is 5.80. The first kappa shape index (κ1) is 25.3. The molecule has 0 aliphatic carbocycles. The van der Waals surface area contributed by atoms with E-state index in [9.17, 15) is 9.59 Å². The van der Waals surface area contributed by atoms with Crippen molar-refractivity contribution in [3.05, 3.63) is 70.0 Å². The molecule has 0 radical (unpaired) electrons. The van der Waals surface area contributed by atoms with E-state index in [0.29, 0.717) is 22.1 Å². The summed E-state index contributed by atoms with van der Waals surface area (Å²) in [5.74, 6) is 0.446. The molecule has 8 heteroatoms. The third kappa shape index (κ3) is 6.17. The van der Waals surface area contributed by atoms with Crippen molar-refractivity contribution in [3.8, 4) is 5.75 Å². The molecule has 1 aromatic heterocycles. The first-order valence-corrected chi connectivity index (χ1v) is 11.6. The summed E-state index contributed by atoms with van der Waals surface area (Å²) in [6.45, 7) is 11.6. The number of aromatic nitrogens is 2. The number of aryl methyl sites for hydroxylation is 3. The van der Waals surface area contributed by atoms with Crippen molar-refractivity contribution in [1.82, 2.24) is 9.78 Å². The van der Waals surface area contributed by atoms with E-state index in [4.69, 9.17) is 16.3 Å². The SMILES string of the molecule is Cc1ccc(C(C)C)c(OCC(=O)Nc2ccc(NC(=O)[C@@H](C)n3nc(C)cc3C)c(Cl)c2)c1. The van der Waals surface area contributed by atoms with Crippen LogP contribution < -0.4 is 15.4 Å². The minimum Gasteiger partial charge on any atom is -0.483 e. The number of anilines is 2. The second-order valence-electron chi connectivity index (χ2n) is 8.76. The summed E-state index contributed by atoms with van der Waals surface area (Å²) in [5, 5.41) is 10.3. The lowest BCUT2D eigenvalue weighted by Crippen LogP contribution is -2.25. The minimum absolute atomic E-state index is 0.126. The zero-order valence-electron chi connectivity index (χ0n) is 20.4. The van der Waals surface area contributed by atoms with Gasteiger partial charge < -0.3 is 15.4 Å². The van der Waals surface area contributed by atoms with Crippen molar-refractivity contribution in [2.45, 2.75) is 53.5 Å². The van der Waals surface area contributed by atoms with E-state index in [1.165, 1.54) is 0 Å². The minimum atomic E-state index is -0.501. The molecule has 7 nitrogen and oxygen atoms in total. The molecule has 2 amide bonds. The second-order valence-corrected chi connectivity index (χ2v) is 9.17. The Morgan fingerprint density at radius 1 is 1.03 bits per heavy atom. The van der Waals surface area contributed by atoms with E-state index in [2.05, 4.69) is 29.6 Å². The van der Waals surface area contributed by atoms with Gasteiger partial charge >= 0.3 is 0 Å². The number of nitrogens with one attached hydrogen (secondary N) is 2. The zero-order valence-corrected chi connectivity index (χ0v) is 21.2. The Morgan fingerprint density at radius 2 is 1.76 bits per heavy atom. The fourth-order valence-corrected chi connectivity index (χ4v) is 3.89. The van der Waals surface area contributed by atoms with Gasteiger partial charge in [-0.05, 0) is 75.1 Å². The van der Waals surface area contributed by atoms with Gasteiger partial charge in [0.1, 0.15) is 11.8 Å².